The largest absolute Gasteiger partial charge is 0.283 e. The van der Waals surface area contributed by atoms with Gasteiger partial charge in [0.1, 0.15) is 0 Å². The van der Waals surface area contributed by atoms with Gasteiger partial charge in [-0.3, -0.25) is 9.36 Å². The Kier molecular flexibility index (Phi) is 5.74. The van der Waals surface area contributed by atoms with Crippen LogP contribution in [0.3, 0.4) is 0 Å². The molecule has 0 aliphatic rings. The quantitative estimate of drug-likeness (QED) is 0.282. The van der Waals surface area contributed by atoms with E-state index < -0.39 is 0 Å². The number of thioether (sulfide) groups is 1. The van der Waals surface area contributed by atoms with Crippen LogP contribution in [0.4, 0.5) is 0 Å². The Hall–Kier alpha value is -2.56. The predicted octanol–water partition coefficient (Wildman–Crippen LogP) is 6.26. The Labute approximate surface area is 179 Å². The third-order valence-corrected chi connectivity index (χ3v) is 6.39. The van der Waals surface area contributed by atoms with E-state index >= 15 is 0 Å². The zero-order valence-electron chi connectivity index (χ0n) is 16.3. The molecule has 0 saturated carbocycles. The van der Waals surface area contributed by atoms with Gasteiger partial charge in [-0.2, -0.15) is 0 Å². The average Bonchev–Trinajstić information content (AvgIpc) is 2.72. The van der Waals surface area contributed by atoms with Gasteiger partial charge in [0.15, 0.2) is 5.16 Å². The minimum absolute atomic E-state index is 0.0231. The molecule has 4 aromatic rings. The third kappa shape index (κ3) is 4.24. The summed E-state index contributed by atoms with van der Waals surface area (Å²) in [5.74, 6) is 0. The van der Waals surface area contributed by atoms with Crippen molar-refractivity contribution in [3.05, 3.63) is 105 Å². The van der Waals surface area contributed by atoms with Crippen LogP contribution in [0, 0.1) is 6.92 Å². The van der Waals surface area contributed by atoms with E-state index in [2.05, 4.69) is 38.1 Å². The summed E-state index contributed by atoms with van der Waals surface area (Å²) in [5.41, 5.74) is 3.99. The summed E-state index contributed by atoms with van der Waals surface area (Å²) in [6, 6.07) is 23.6. The van der Waals surface area contributed by atoms with Crippen LogP contribution in [0.25, 0.3) is 10.9 Å². The number of para-hydroxylation sites is 1. The fourth-order valence-corrected chi connectivity index (χ4v) is 4.72. The maximum atomic E-state index is 13.3. The van der Waals surface area contributed by atoms with Crippen LogP contribution in [0.15, 0.2) is 82.7 Å². The van der Waals surface area contributed by atoms with Crippen LogP contribution >= 0.6 is 23.4 Å². The lowest BCUT2D eigenvalue weighted by Crippen LogP contribution is -2.24. The van der Waals surface area contributed by atoms with Crippen molar-refractivity contribution >= 4 is 34.3 Å². The fourth-order valence-electron chi connectivity index (χ4n) is 3.28. The number of nitrogens with zero attached hydrogens (tertiary/aromatic N) is 2. The van der Waals surface area contributed by atoms with Gasteiger partial charge in [0.25, 0.3) is 5.56 Å². The average molecular weight is 421 g/mol. The van der Waals surface area contributed by atoms with Gasteiger partial charge in [0, 0.05) is 10.3 Å². The summed E-state index contributed by atoms with van der Waals surface area (Å²) >= 11 is 7.95. The van der Waals surface area contributed by atoms with Crippen molar-refractivity contribution in [3.8, 4) is 0 Å². The van der Waals surface area contributed by atoms with Crippen LogP contribution in [0.2, 0.25) is 5.02 Å². The van der Waals surface area contributed by atoms with Gasteiger partial charge < -0.3 is 0 Å². The Morgan fingerprint density at radius 2 is 1.69 bits per heavy atom. The normalized spacial score (nSPS) is 12.2. The molecule has 0 bridgehead atoms. The molecule has 1 atom stereocenters. The molecule has 146 valence electrons. The summed E-state index contributed by atoms with van der Waals surface area (Å²) in [6.07, 6.45) is 0. The topological polar surface area (TPSA) is 34.9 Å². The molecule has 0 radical (unpaired) electrons. The summed E-state index contributed by atoms with van der Waals surface area (Å²) in [4.78, 5) is 18.1. The van der Waals surface area contributed by atoms with Gasteiger partial charge >= 0.3 is 0 Å². The second kappa shape index (κ2) is 8.44. The Morgan fingerprint density at radius 3 is 2.45 bits per heavy atom. The third-order valence-electron chi connectivity index (χ3n) is 4.91. The molecule has 0 spiro atoms. The van der Waals surface area contributed by atoms with Crippen molar-refractivity contribution in [2.45, 2.75) is 30.8 Å². The molecule has 0 aliphatic carbocycles. The summed E-state index contributed by atoms with van der Waals surface area (Å²) in [7, 11) is 0. The molecule has 0 N–H and O–H groups in total. The van der Waals surface area contributed by atoms with E-state index in [0.29, 0.717) is 22.6 Å². The molecule has 5 heteroatoms. The van der Waals surface area contributed by atoms with Crippen LogP contribution in [0.1, 0.15) is 28.9 Å². The maximum absolute atomic E-state index is 13.3. The first-order chi connectivity index (χ1) is 14.0. The number of halogens is 1. The number of aromatic nitrogens is 2. The van der Waals surface area contributed by atoms with Crippen molar-refractivity contribution in [2.24, 2.45) is 0 Å². The predicted molar refractivity (Wildman–Crippen MR) is 122 cm³/mol. The van der Waals surface area contributed by atoms with E-state index in [1.54, 1.807) is 16.3 Å². The number of aryl methyl sites for hydroxylation is 1. The number of fused-ring (bicyclic) bond motifs is 1. The molecule has 3 aromatic carbocycles. The fraction of sp³-hybridized carbons (Fsp3) is 0.167. The standard InChI is InChI=1S/C24H21ClN2OS/c1-16-11-13-18(14-12-16)15-27-23(28)20-8-4-6-10-22(20)26-24(27)29-17(2)19-7-3-5-9-21(19)25/h3-14,17H,15H2,1-2H3/t17-/m1/s1. The van der Waals surface area contributed by atoms with E-state index in [0.717, 1.165) is 16.1 Å². The second-order valence-corrected chi connectivity index (χ2v) is 8.79. The van der Waals surface area contributed by atoms with E-state index in [4.69, 9.17) is 16.6 Å². The lowest BCUT2D eigenvalue weighted by atomic mass is 10.1. The zero-order chi connectivity index (χ0) is 20.4. The smallest absolute Gasteiger partial charge is 0.262 e. The highest BCUT2D eigenvalue weighted by Gasteiger charge is 2.17. The van der Waals surface area contributed by atoms with Gasteiger partial charge in [-0.1, -0.05) is 83.5 Å². The molecule has 29 heavy (non-hydrogen) atoms. The second-order valence-electron chi connectivity index (χ2n) is 7.07. The molecular formula is C24H21ClN2OS. The van der Waals surface area contributed by atoms with Crippen LogP contribution < -0.4 is 5.56 Å². The first kappa shape index (κ1) is 19.7. The van der Waals surface area contributed by atoms with Gasteiger partial charge in [-0.15, -0.1) is 0 Å². The molecular weight excluding hydrogens is 400 g/mol. The molecule has 0 aliphatic heterocycles. The van der Waals surface area contributed by atoms with E-state index in [1.165, 1.54) is 5.56 Å². The molecule has 3 nitrogen and oxygen atoms in total. The van der Waals surface area contributed by atoms with Gasteiger partial charge in [0.05, 0.1) is 17.4 Å². The first-order valence-corrected chi connectivity index (χ1v) is 10.7. The number of rotatable bonds is 5. The van der Waals surface area contributed by atoms with Gasteiger partial charge in [-0.05, 0) is 43.2 Å². The van der Waals surface area contributed by atoms with Crippen molar-refractivity contribution < 1.29 is 0 Å². The number of hydrogen-bond donors (Lipinski definition) is 0. The van der Waals surface area contributed by atoms with Crippen molar-refractivity contribution in [3.63, 3.8) is 0 Å². The summed E-state index contributed by atoms with van der Waals surface area (Å²) < 4.78 is 1.77. The molecule has 0 fully saturated rings. The van der Waals surface area contributed by atoms with Crippen LogP contribution in [-0.4, -0.2) is 9.55 Å². The molecule has 0 amide bonds. The number of hydrogen-bond acceptors (Lipinski definition) is 3. The monoisotopic (exact) mass is 420 g/mol. The minimum Gasteiger partial charge on any atom is -0.283 e. The van der Waals surface area contributed by atoms with E-state index in [9.17, 15) is 4.79 Å². The molecule has 1 heterocycles. The summed E-state index contributed by atoms with van der Waals surface area (Å²) in [5, 5.41) is 2.11. The summed E-state index contributed by atoms with van der Waals surface area (Å²) in [6.45, 7) is 4.62. The van der Waals surface area contributed by atoms with Crippen molar-refractivity contribution in [1.82, 2.24) is 9.55 Å². The Balaban J connectivity index is 1.79. The zero-order valence-corrected chi connectivity index (χ0v) is 17.9. The highest BCUT2D eigenvalue weighted by atomic mass is 35.5. The van der Waals surface area contributed by atoms with Crippen LogP contribution in [0.5, 0.6) is 0 Å². The molecule has 1 aromatic heterocycles. The molecule has 4 rings (SSSR count). The van der Waals surface area contributed by atoms with Crippen molar-refractivity contribution in [2.75, 3.05) is 0 Å². The van der Waals surface area contributed by atoms with Crippen molar-refractivity contribution in [1.29, 1.82) is 0 Å². The molecule has 0 unspecified atom stereocenters. The lowest BCUT2D eigenvalue weighted by Gasteiger charge is -2.17. The lowest BCUT2D eigenvalue weighted by molar-refractivity contribution is 0.656. The van der Waals surface area contributed by atoms with Crippen LogP contribution in [-0.2, 0) is 6.54 Å². The minimum atomic E-state index is -0.0231. The number of benzene rings is 3. The maximum Gasteiger partial charge on any atom is 0.262 e. The Morgan fingerprint density at radius 1 is 1.00 bits per heavy atom. The van der Waals surface area contributed by atoms with Gasteiger partial charge in [0.2, 0.25) is 0 Å². The highest BCUT2D eigenvalue weighted by Crippen LogP contribution is 2.37. The van der Waals surface area contributed by atoms with E-state index in [-0.39, 0.29) is 10.8 Å². The highest BCUT2D eigenvalue weighted by molar-refractivity contribution is 7.99. The first-order valence-electron chi connectivity index (χ1n) is 9.49. The van der Waals surface area contributed by atoms with Gasteiger partial charge in [-0.25, -0.2) is 4.98 Å². The Bertz CT molecular complexity index is 1220. The molecule has 0 saturated heterocycles. The van der Waals surface area contributed by atoms with E-state index in [1.807, 2.05) is 48.5 Å². The SMILES string of the molecule is Cc1ccc(Cn2c(S[C@H](C)c3ccccc3Cl)nc3ccccc3c2=O)cc1.